The molecule has 1 fully saturated rings. The zero-order valence-corrected chi connectivity index (χ0v) is 11.0. The first-order chi connectivity index (χ1) is 8.72. The van der Waals surface area contributed by atoms with Gasteiger partial charge in [-0.2, -0.15) is 5.10 Å². The van der Waals surface area contributed by atoms with Crippen molar-refractivity contribution in [1.82, 2.24) is 15.1 Å². The molecule has 0 atom stereocenters. The smallest absolute Gasteiger partial charge is 0.0678 e. The van der Waals surface area contributed by atoms with Gasteiger partial charge in [-0.25, -0.2) is 4.68 Å². The highest BCUT2D eigenvalue weighted by molar-refractivity contribution is 5.43. The third-order valence-electron chi connectivity index (χ3n) is 3.40. The molecule has 0 spiro atoms. The lowest BCUT2D eigenvalue weighted by atomic mass is 10.1. The highest BCUT2D eigenvalue weighted by atomic mass is 15.3. The van der Waals surface area contributed by atoms with Crippen molar-refractivity contribution in [3.63, 3.8) is 0 Å². The van der Waals surface area contributed by atoms with E-state index < -0.39 is 0 Å². The molecule has 1 aliphatic carbocycles. The highest BCUT2D eigenvalue weighted by Gasteiger charge is 2.20. The van der Waals surface area contributed by atoms with Crippen molar-refractivity contribution in [3.05, 3.63) is 47.3 Å². The van der Waals surface area contributed by atoms with E-state index in [9.17, 15) is 0 Å². The number of hydrogen-bond acceptors (Lipinski definition) is 2. The van der Waals surface area contributed by atoms with E-state index in [4.69, 9.17) is 0 Å². The van der Waals surface area contributed by atoms with E-state index >= 15 is 0 Å². The SMILES string of the molecule is Cc1cnn(-c2cc(CNC3CC3)ccc2C)c1. The Kier molecular flexibility index (Phi) is 2.92. The van der Waals surface area contributed by atoms with Gasteiger partial charge in [0.1, 0.15) is 0 Å². The van der Waals surface area contributed by atoms with Gasteiger partial charge < -0.3 is 5.32 Å². The third kappa shape index (κ3) is 2.46. The Balaban J connectivity index is 1.85. The van der Waals surface area contributed by atoms with Crippen LogP contribution >= 0.6 is 0 Å². The van der Waals surface area contributed by atoms with Gasteiger partial charge in [-0.15, -0.1) is 0 Å². The van der Waals surface area contributed by atoms with Gasteiger partial charge in [0.15, 0.2) is 0 Å². The van der Waals surface area contributed by atoms with Crippen LogP contribution in [0.3, 0.4) is 0 Å². The zero-order valence-electron chi connectivity index (χ0n) is 11.0. The van der Waals surface area contributed by atoms with E-state index in [0.29, 0.717) is 0 Å². The molecular weight excluding hydrogens is 222 g/mol. The number of aryl methyl sites for hydroxylation is 2. The van der Waals surface area contributed by atoms with Crippen LogP contribution in [0.15, 0.2) is 30.6 Å². The summed E-state index contributed by atoms with van der Waals surface area (Å²) < 4.78 is 1.96. The minimum absolute atomic E-state index is 0.752. The van der Waals surface area contributed by atoms with E-state index in [2.05, 4.69) is 48.7 Å². The highest BCUT2D eigenvalue weighted by Crippen LogP contribution is 2.20. The van der Waals surface area contributed by atoms with E-state index in [0.717, 1.165) is 12.6 Å². The van der Waals surface area contributed by atoms with E-state index in [-0.39, 0.29) is 0 Å². The fraction of sp³-hybridized carbons (Fsp3) is 0.400. The maximum absolute atomic E-state index is 4.39. The first kappa shape index (κ1) is 11.5. The number of benzene rings is 1. The molecule has 0 unspecified atom stereocenters. The lowest BCUT2D eigenvalue weighted by Crippen LogP contribution is -2.15. The first-order valence-corrected chi connectivity index (χ1v) is 6.57. The van der Waals surface area contributed by atoms with Gasteiger partial charge in [0.05, 0.1) is 11.9 Å². The average molecular weight is 241 g/mol. The van der Waals surface area contributed by atoms with Crippen molar-refractivity contribution in [1.29, 1.82) is 0 Å². The Labute approximate surface area is 108 Å². The fourth-order valence-electron chi connectivity index (χ4n) is 2.11. The average Bonchev–Trinajstić information content (AvgIpc) is 3.10. The van der Waals surface area contributed by atoms with E-state index in [1.165, 1.54) is 35.2 Å². The van der Waals surface area contributed by atoms with Crippen molar-refractivity contribution >= 4 is 0 Å². The van der Waals surface area contributed by atoms with E-state index in [1.807, 2.05) is 10.9 Å². The Hall–Kier alpha value is -1.61. The molecule has 18 heavy (non-hydrogen) atoms. The van der Waals surface area contributed by atoms with Gasteiger partial charge in [-0.1, -0.05) is 12.1 Å². The number of nitrogens with zero attached hydrogens (tertiary/aromatic N) is 2. The minimum Gasteiger partial charge on any atom is -0.310 e. The largest absolute Gasteiger partial charge is 0.310 e. The summed E-state index contributed by atoms with van der Waals surface area (Å²) in [6.45, 7) is 5.15. The monoisotopic (exact) mass is 241 g/mol. The lowest BCUT2D eigenvalue weighted by molar-refractivity contribution is 0.686. The molecule has 0 radical (unpaired) electrons. The Morgan fingerprint density at radius 3 is 2.83 bits per heavy atom. The summed E-state index contributed by atoms with van der Waals surface area (Å²) in [5.41, 5.74) is 4.96. The molecule has 1 aliphatic rings. The maximum Gasteiger partial charge on any atom is 0.0678 e. The van der Waals surface area contributed by atoms with Gasteiger partial charge in [0, 0.05) is 18.8 Å². The number of aromatic nitrogens is 2. The van der Waals surface area contributed by atoms with Crippen LogP contribution in [-0.4, -0.2) is 15.8 Å². The minimum atomic E-state index is 0.752. The quantitative estimate of drug-likeness (QED) is 0.892. The molecule has 94 valence electrons. The standard InChI is InChI=1S/C15H19N3/c1-11-8-17-18(10-11)15-7-13(4-3-12(15)2)9-16-14-5-6-14/h3-4,7-8,10,14,16H,5-6,9H2,1-2H3. The molecule has 0 amide bonds. The van der Waals surface area contributed by atoms with Gasteiger partial charge in [0.2, 0.25) is 0 Å². The summed E-state index contributed by atoms with van der Waals surface area (Å²) in [5, 5.41) is 7.94. The Morgan fingerprint density at radius 1 is 1.33 bits per heavy atom. The lowest BCUT2D eigenvalue weighted by Gasteiger charge is -2.09. The van der Waals surface area contributed by atoms with Crippen LogP contribution in [0.5, 0.6) is 0 Å². The molecule has 1 heterocycles. The second-order valence-corrected chi connectivity index (χ2v) is 5.24. The topological polar surface area (TPSA) is 29.9 Å². The Bertz CT molecular complexity index is 553. The van der Waals surface area contributed by atoms with Gasteiger partial charge in [-0.3, -0.25) is 0 Å². The van der Waals surface area contributed by atoms with Crippen LogP contribution < -0.4 is 5.32 Å². The predicted octanol–water partition coefficient (Wildman–Crippen LogP) is 2.74. The van der Waals surface area contributed by atoms with Crippen LogP contribution in [0.1, 0.15) is 29.5 Å². The van der Waals surface area contributed by atoms with Gasteiger partial charge >= 0.3 is 0 Å². The van der Waals surface area contributed by atoms with Crippen LogP contribution in [0.4, 0.5) is 0 Å². The molecular formula is C15H19N3. The molecule has 3 rings (SSSR count). The summed E-state index contributed by atoms with van der Waals surface area (Å²) >= 11 is 0. The van der Waals surface area contributed by atoms with Crippen molar-refractivity contribution in [2.24, 2.45) is 0 Å². The van der Waals surface area contributed by atoms with Crippen LogP contribution in [0, 0.1) is 13.8 Å². The molecule has 0 saturated heterocycles. The normalized spacial score (nSPS) is 15.0. The molecule has 1 N–H and O–H groups in total. The van der Waals surface area contributed by atoms with Crippen LogP contribution in [0.2, 0.25) is 0 Å². The third-order valence-corrected chi connectivity index (χ3v) is 3.40. The zero-order chi connectivity index (χ0) is 12.5. The maximum atomic E-state index is 4.39. The van der Waals surface area contributed by atoms with Gasteiger partial charge in [-0.05, 0) is 49.4 Å². The number of hydrogen-bond donors (Lipinski definition) is 1. The second kappa shape index (κ2) is 4.58. The summed E-state index contributed by atoms with van der Waals surface area (Å²) in [5.74, 6) is 0. The summed E-state index contributed by atoms with van der Waals surface area (Å²) in [4.78, 5) is 0. The summed E-state index contributed by atoms with van der Waals surface area (Å²) in [7, 11) is 0. The molecule has 1 aromatic heterocycles. The molecule has 3 heteroatoms. The van der Waals surface area contributed by atoms with Crippen molar-refractivity contribution < 1.29 is 0 Å². The summed E-state index contributed by atoms with van der Waals surface area (Å²) in [6.07, 6.45) is 6.63. The number of rotatable bonds is 4. The van der Waals surface area contributed by atoms with Crippen LogP contribution in [-0.2, 0) is 6.54 Å². The van der Waals surface area contributed by atoms with Crippen molar-refractivity contribution in [3.8, 4) is 5.69 Å². The van der Waals surface area contributed by atoms with Gasteiger partial charge in [0.25, 0.3) is 0 Å². The summed E-state index contributed by atoms with van der Waals surface area (Å²) in [6, 6.07) is 7.36. The molecule has 1 aromatic carbocycles. The molecule has 2 aromatic rings. The number of nitrogens with one attached hydrogen (secondary N) is 1. The molecule has 0 bridgehead atoms. The molecule has 3 nitrogen and oxygen atoms in total. The molecule has 1 saturated carbocycles. The van der Waals surface area contributed by atoms with Crippen LogP contribution in [0.25, 0.3) is 5.69 Å². The Morgan fingerprint density at radius 2 is 2.17 bits per heavy atom. The van der Waals surface area contributed by atoms with Crippen molar-refractivity contribution in [2.75, 3.05) is 0 Å². The second-order valence-electron chi connectivity index (χ2n) is 5.24. The first-order valence-electron chi connectivity index (χ1n) is 6.57. The predicted molar refractivity (Wildman–Crippen MR) is 72.9 cm³/mol. The fourth-order valence-corrected chi connectivity index (χ4v) is 2.11. The molecule has 0 aliphatic heterocycles. The van der Waals surface area contributed by atoms with Crippen molar-refractivity contribution in [2.45, 2.75) is 39.3 Å². The van der Waals surface area contributed by atoms with E-state index in [1.54, 1.807) is 0 Å².